The van der Waals surface area contributed by atoms with Gasteiger partial charge in [-0.2, -0.15) is 0 Å². The number of carboxylic acid groups (broad SMARTS) is 1. The number of ether oxygens (including phenoxy) is 1. The molecule has 0 aliphatic rings. The smallest absolute Gasteiger partial charge is 0.326 e. The molecule has 0 aliphatic heterocycles. The molecule has 0 radical (unpaired) electrons. The van der Waals surface area contributed by atoms with Crippen LogP contribution in [0, 0.1) is 0 Å². The van der Waals surface area contributed by atoms with E-state index >= 15 is 0 Å². The molecule has 2 N–H and O–H groups in total. The number of esters is 1. The summed E-state index contributed by atoms with van der Waals surface area (Å²) in [7, 11) is 0. The number of nitrogens with one attached hydrogen (secondary N) is 1. The van der Waals surface area contributed by atoms with Crippen molar-refractivity contribution < 1.29 is 24.2 Å². The molecule has 0 fully saturated rings. The van der Waals surface area contributed by atoms with Crippen LogP contribution in [0.3, 0.4) is 0 Å². The molecule has 2 aromatic carbocycles. The molecule has 130 valence electrons. The topological polar surface area (TPSA) is 92.7 Å². The highest BCUT2D eigenvalue weighted by Crippen LogP contribution is 2.15. The molecule has 0 saturated heterocycles. The number of aliphatic carboxylic acids is 1. The lowest BCUT2D eigenvalue weighted by atomic mass is 10.1. The van der Waals surface area contributed by atoms with E-state index in [2.05, 4.69) is 5.32 Å². The molecule has 6 nitrogen and oxygen atoms in total. The average Bonchev–Trinajstić information content (AvgIpc) is 2.60. The van der Waals surface area contributed by atoms with Crippen molar-refractivity contribution in [3.63, 3.8) is 0 Å². The van der Waals surface area contributed by atoms with Gasteiger partial charge in [0.05, 0.1) is 17.0 Å². The molecule has 2 rings (SSSR count). The Labute approximate surface area is 149 Å². The summed E-state index contributed by atoms with van der Waals surface area (Å²) in [6.45, 7) is 0.0322. The van der Waals surface area contributed by atoms with Crippen molar-refractivity contribution in [3.05, 3.63) is 70.7 Å². The Balaban J connectivity index is 1.94. The zero-order valence-electron chi connectivity index (χ0n) is 13.1. The highest BCUT2D eigenvalue weighted by Gasteiger charge is 2.25. The fourth-order valence-corrected chi connectivity index (χ4v) is 2.27. The monoisotopic (exact) mass is 361 g/mol. The Kier molecular flexibility index (Phi) is 6.54. The van der Waals surface area contributed by atoms with Gasteiger partial charge >= 0.3 is 11.9 Å². The summed E-state index contributed by atoms with van der Waals surface area (Å²) in [5, 5.41) is 11.7. The molecule has 25 heavy (non-hydrogen) atoms. The van der Waals surface area contributed by atoms with Crippen LogP contribution in [-0.4, -0.2) is 29.0 Å². The van der Waals surface area contributed by atoms with Crippen LogP contribution in [0.5, 0.6) is 0 Å². The molecule has 1 amide bonds. The predicted molar refractivity (Wildman–Crippen MR) is 91.2 cm³/mol. The zero-order chi connectivity index (χ0) is 18.2. The first-order chi connectivity index (χ1) is 12.0. The van der Waals surface area contributed by atoms with Gasteiger partial charge in [0.25, 0.3) is 5.91 Å². The van der Waals surface area contributed by atoms with Gasteiger partial charge in [-0.3, -0.25) is 9.59 Å². The molecule has 0 spiro atoms. The highest BCUT2D eigenvalue weighted by atomic mass is 35.5. The van der Waals surface area contributed by atoms with Crippen LogP contribution >= 0.6 is 11.6 Å². The maximum absolute atomic E-state index is 12.1. The van der Waals surface area contributed by atoms with Gasteiger partial charge < -0.3 is 15.2 Å². The Bertz CT molecular complexity index is 763. The van der Waals surface area contributed by atoms with E-state index in [0.717, 1.165) is 5.56 Å². The van der Waals surface area contributed by atoms with Gasteiger partial charge in [-0.15, -0.1) is 0 Å². The van der Waals surface area contributed by atoms with Crippen molar-refractivity contribution in [3.8, 4) is 0 Å². The first-order valence-electron chi connectivity index (χ1n) is 7.45. The standard InChI is InChI=1S/C18H16ClNO5/c19-14-9-5-4-8-13(14)17(22)20-15(18(23)24)10-16(21)25-11-12-6-2-1-3-7-12/h1-9,15H,10-11H2,(H,20,22)(H,23,24)/t15-/m0/s1. The maximum Gasteiger partial charge on any atom is 0.326 e. The number of benzene rings is 2. The first-order valence-corrected chi connectivity index (χ1v) is 7.83. The van der Waals surface area contributed by atoms with Crippen molar-refractivity contribution in [2.24, 2.45) is 0 Å². The summed E-state index contributed by atoms with van der Waals surface area (Å²) in [6.07, 6.45) is -0.488. The Morgan fingerprint density at radius 1 is 1.04 bits per heavy atom. The minimum absolute atomic E-state index is 0.0322. The van der Waals surface area contributed by atoms with Crippen LogP contribution < -0.4 is 5.32 Å². The summed E-state index contributed by atoms with van der Waals surface area (Å²) in [4.78, 5) is 35.3. The lowest BCUT2D eigenvalue weighted by Crippen LogP contribution is -2.42. The van der Waals surface area contributed by atoms with Crippen LogP contribution in [0.1, 0.15) is 22.3 Å². The SMILES string of the molecule is O=C(C[C@H](NC(=O)c1ccccc1Cl)C(=O)O)OCc1ccccc1. The van der Waals surface area contributed by atoms with Crippen LogP contribution in [0.15, 0.2) is 54.6 Å². The fraction of sp³-hybridized carbons (Fsp3) is 0.167. The largest absolute Gasteiger partial charge is 0.480 e. The number of rotatable bonds is 7. The first kappa shape index (κ1) is 18.5. The number of hydrogen-bond acceptors (Lipinski definition) is 4. The van der Waals surface area contributed by atoms with Gasteiger partial charge in [0.15, 0.2) is 0 Å². The van der Waals surface area contributed by atoms with Crippen LogP contribution in [0.2, 0.25) is 5.02 Å². The Morgan fingerprint density at radius 2 is 1.68 bits per heavy atom. The molecular weight excluding hydrogens is 346 g/mol. The summed E-state index contributed by atoms with van der Waals surface area (Å²) < 4.78 is 5.04. The van der Waals surface area contributed by atoms with E-state index in [1.807, 2.05) is 6.07 Å². The quantitative estimate of drug-likeness (QED) is 0.739. The summed E-state index contributed by atoms with van der Waals surface area (Å²) in [5.41, 5.74) is 0.913. The lowest BCUT2D eigenvalue weighted by molar-refractivity contribution is -0.150. The van der Waals surface area contributed by atoms with Crippen LogP contribution in [-0.2, 0) is 20.9 Å². The lowest BCUT2D eigenvalue weighted by Gasteiger charge is -2.14. The highest BCUT2D eigenvalue weighted by molar-refractivity contribution is 6.33. The Hall–Kier alpha value is -2.86. The molecular formula is C18H16ClNO5. The normalized spacial score (nSPS) is 11.4. The number of carbonyl (C=O) groups excluding carboxylic acids is 2. The van der Waals surface area contributed by atoms with Crippen molar-refractivity contribution in [2.45, 2.75) is 19.1 Å². The number of carboxylic acids is 1. The number of carbonyl (C=O) groups is 3. The van der Waals surface area contributed by atoms with E-state index in [1.165, 1.54) is 12.1 Å². The summed E-state index contributed by atoms with van der Waals surface area (Å²) in [6, 6.07) is 13.8. The van der Waals surface area contributed by atoms with E-state index in [-0.39, 0.29) is 17.2 Å². The third kappa shape index (κ3) is 5.61. The van der Waals surface area contributed by atoms with E-state index in [9.17, 15) is 19.5 Å². The maximum atomic E-state index is 12.1. The predicted octanol–water partition coefficient (Wildman–Crippen LogP) is 2.66. The van der Waals surface area contributed by atoms with Crippen molar-refractivity contribution in [1.82, 2.24) is 5.32 Å². The molecule has 7 heteroatoms. The third-order valence-electron chi connectivity index (χ3n) is 3.34. The van der Waals surface area contributed by atoms with Gasteiger partial charge in [-0.05, 0) is 17.7 Å². The second kappa shape index (κ2) is 8.84. The van der Waals surface area contributed by atoms with Crippen LogP contribution in [0.4, 0.5) is 0 Å². The summed E-state index contributed by atoms with van der Waals surface area (Å²) in [5.74, 6) is -2.73. The second-order valence-corrected chi connectivity index (χ2v) is 5.60. The van der Waals surface area contributed by atoms with E-state index in [0.29, 0.717) is 0 Å². The van der Waals surface area contributed by atoms with Gasteiger partial charge in [-0.1, -0.05) is 54.1 Å². The van der Waals surface area contributed by atoms with Crippen molar-refractivity contribution >= 4 is 29.4 Å². The van der Waals surface area contributed by atoms with E-state index in [1.54, 1.807) is 36.4 Å². The molecule has 1 atom stereocenters. The zero-order valence-corrected chi connectivity index (χ0v) is 13.9. The third-order valence-corrected chi connectivity index (χ3v) is 3.66. The van der Waals surface area contributed by atoms with Crippen molar-refractivity contribution in [2.75, 3.05) is 0 Å². The van der Waals surface area contributed by atoms with E-state index < -0.39 is 30.3 Å². The van der Waals surface area contributed by atoms with Gasteiger partial charge in [0, 0.05) is 0 Å². The molecule has 0 aliphatic carbocycles. The van der Waals surface area contributed by atoms with Gasteiger partial charge in [0.2, 0.25) is 0 Å². The Morgan fingerprint density at radius 3 is 2.32 bits per heavy atom. The van der Waals surface area contributed by atoms with Gasteiger partial charge in [0.1, 0.15) is 12.6 Å². The molecule has 2 aromatic rings. The molecule has 0 bridgehead atoms. The molecule has 0 aromatic heterocycles. The minimum Gasteiger partial charge on any atom is -0.480 e. The number of hydrogen-bond donors (Lipinski definition) is 2. The average molecular weight is 362 g/mol. The second-order valence-electron chi connectivity index (χ2n) is 5.19. The fourth-order valence-electron chi connectivity index (χ4n) is 2.05. The van der Waals surface area contributed by atoms with Gasteiger partial charge in [-0.25, -0.2) is 4.79 Å². The van der Waals surface area contributed by atoms with E-state index in [4.69, 9.17) is 16.3 Å². The molecule has 0 heterocycles. The molecule has 0 saturated carbocycles. The van der Waals surface area contributed by atoms with Crippen molar-refractivity contribution in [1.29, 1.82) is 0 Å². The van der Waals surface area contributed by atoms with Crippen LogP contribution in [0.25, 0.3) is 0 Å². The molecule has 0 unspecified atom stereocenters. The number of halogens is 1. The minimum atomic E-state index is -1.41. The number of amides is 1. The summed E-state index contributed by atoms with van der Waals surface area (Å²) >= 11 is 5.91.